The molecule has 8 nitrogen and oxygen atoms in total. The lowest BCUT2D eigenvalue weighted by Gasteiger charge is -2.28. The average Bonchev–Trinajstić information content (AvgIpc) is 3.46. The fourth-order valence-corrected chi connectivity index (χ4v) is 5.18. The van der Waals surface area contributed by atoms with E-state index in [1.165, 1.54) is 0 Å². The number of nitrogens with zero attached hydrogens (tertiary/aromatic N) is 1. The lowest BCUT2D eigenvalue weighted by molar-refractivity contribution is -0.147. The van der Waals surface area contributed by atoms with Crippen LogP contribution in [0.3, 0.4) is 0 Å². The zero-order valence-electron chi connectivity index (χ0n) is 21.0. The second-order valence-electron chi connectivity index (χ2n) is 9.46. The fraction of sp³-hybridized carbons (Fsp3) is 0.267. The largest absolute Gasteiger partial charge is 0.464 e. The molecule has 3 amide bonds. The van der Waals surface area contributed by atoms with Crippen molar-refractivity contribution in [1.29, 1.82) is 0 Å². The molecule has 2 aromatic carbocycles. The maximum absolute atomic E-state index is 13.8. The van der Waals surface area contributed by atoms with Gasteiger partial charge in [-0.05, 0) is 36.4 Å². The van der Waals surface area contributed by atoms with Crippen molar-refractivity contribution in [2.75, 3.05) is 6.61 Å². The van der Waals surface area contributed by atoms with Gasteiger partial charge in [-0.3, -0.25) is 19.3 Å². The van der Waals surface area contributed by atoms with Gasteiger partial charge in [0.1, 0.15) is 12.1 Å². The Balaban J connectivity index is 1.42. The molecular formula is C30H29N3O5. The van der Waals surface area contributed by atoms with Crippen LogP contribution in [0.15, 0.2) is 90.7 Å². The number of hydrogen-bond donors (Lipinski definition) is 2. The standard InChI is InChI=1S/C30H29N3O5/c1-2-38-30(37)25(17-20-18-31-24-15-9-8-12-21(20)24)32-27(34)26(16-19-10-4-3-5-11-19)33-28(35)22-13-6-7-14-23(22)29(33)36/h3-15,18,21,24-26,31H,2,16-17H2,1H3,(H,32,34). The first kappa shape index (κ1) is 25.2. The minimum Gasteiger partial charge on any atom is -0.464 e. The maximum Gasteiger partial charge on any atom is 0.328 e. The predicted molar refractivity (Wildman–Crippen MR) is 141 cm³/mol. The van der Waals surface area contributed by atoms with Gasteiger partial charge in [-0.15, -0.1) is 0 Å². The SMILES string of the molecule is CCOC(=O)C(CC1=CNC2C=CC=CC12)NC(=O)C(Cc1ccccc1)N1C(=O)c2ccccc2C1=O. The minimum absolute atomic E-state index is 0.0604. The van der Waals surface area contributed by atoms with E-state index in [1.807, 2.05) is 54.8 Å². The molecule has 0 bridgehead atoms. The Bertz CT molecular complexity index is 1310. The van der Waals surface area contributed by atoms with Crippen molar-refractivity contribution in [3.63, 3.8) is 0 Å². The Morgan fingerprint density at radius 2 is 1.61 bits per heavy atom. The van der Waals surface area contributed by atoms with Gasteiger partial charge < -0.3 is 15.4 Å². The second-order valence-corrected chi connectivity index (χ2v) is 9.46. The highest BCUT2D eigenvalue weighted by atomic mass is 16.5. The van der Waals surface area contributed by atoms with Crippen molar-refractivity contribution >= 4 is 23.7 Å². The molecule has 4 unspecified atom stereocenters. The van der Waals surface area contributed by atoms with E-state index in [1.54, 1.807) is 31.2 Å². The van der Waals surface area contributed by atoms with Gasteiger partial charge >= 0.3 is 5.97 Å². The lowest BCUT2D eigenvalue weighted by atomic mass is 9.88. The number of esters is 1. The lowest BCUT2D eigenvalue weighted by Crippen LogP contribution is -2.54. The Morgan fingerprint density at radius 3 is 2.29 bits per heavy atom. The Kier molecular flexibility index (Phi) is 7.22. The van der Waals surface area contributed by atoms with E-state index in [9.17, 15) is 19.2 Å². The van der Waals surface area contributed by atoms with Gasteiger partial charge in [-0.25, -0.2) is 4.79 Å². The van der Waals surface area contributed by atoms with E-state index in [0.717, 1.165) is 16.0 Å². The fourth-order valence-electron chi connectivity index (χ4n) is 5.18. The van der Waals surface area contributed by atoms with Crippen molar-refractivity contribution in [2.24, 2.45) is 5.92 Å². The van der Waals surface area contributed by atoms with Crippen molar-refractivity contribution in [3.8, 4) is 0 Å². The summed E-state index contributed by atoms with van der Waals surface area (Å²) in [5, 5.41) is 6.12. The van der Waals surface area contributed by atoms with Crippen LogP contribution in [-0.4, -0.2) is 53.3 Å². The van der Waals surface area contributed by atoms with Crippen molar-refractivity contribution in [2.45, 2.75) is 37.9 Å². The molecule has 0 spiro atoms. The zero-order valence-corrected chi connectivity index (χ0v) is 21.0. The van der Waals surface area contributed by atoms with Gasteiger partial charge in [0.15, 0.2) is 0 Å². The molecule has 4 atom stereocenters. The molecule has 2 aliphatic heterocycles. The smallest absolute Gasteiger partial charge is 0.328 e. The average molecular weight is 512 g/mol. The summed E-state index contributed by atoms with van der Waals surface area (Å²) in [6.45, 7) is 1.86. The molecule has 2 heterocycles. The van der Waals surface area contributed by atoms with Crippen LogP contribution in [0, 0.1) is 5.92 Å². The van der Waals surface area contributed by atoms with Crippen LogP contribution in [0.1, 0.15) is 39.6 Å². The number of nitrogens with one attached hydrogen (secondary N) is 2. The number of carbonyl (C=O) groups is 4. The molecular weight excluding hydrogens is 482 g/mol. The summed E-state index contributed by atoms with van der Waals surface area (Å²) in [4.78, 5) is 54.4. The number of carbonyl (C=O) groups excluding carboxylic acids is 4. The van der Waals surface area contributed by atoms with Gasteiger partial charge in [0, 0.05) is 18.8 Å². The topological polar surface area (TPSA) is 105 Å². The van der Waals surface area contributed by atoms with Gasteiger partial charge in [-0.1, -0.05) is 66.8 Å². The highest BCUT2D eigenvalue weighted by molar-refractivity contribution is 6.22. The van der Waals surface area contributed by atoms with Crippen LogP contribution in [0.25, 0.3) is 0 Å². The van der Waals surface area contributed by atoms with Crippen LogP contribution in [0.5, 0.6) is 0 Å². The molecule has 0 aromatic heterocycles. The van der Waals surface area contributed by atoms with E-state index in [0.29, 0.717) is 0 Å². The number of imide groups is 1. The number of amides is 3. The predicted octanol–water partition coefficient (Wildman–Crippen LogP) is 2.93. The Hall–Kier alpha value is -4.46. The summed E-state index contributed by atoms with van der Waals surface area (Å²) in [6.07, 6.45) is 10.2. The first-order valence-corrected chi connectivity index (χ1v) is 12.8. The third-order valence-corrected chi connectivity index (χ3v) is 7.06. The van der Waals surface area contributed by atoms with Crippen LogP contribution >= 0.6 is 0 Å². The number of rotatable bonds is 9. The summed E-state index contributed by atoms with van der Waals surface area (Å²) in [5.41, 5.74) is 2.25. The zero-order chi connectivity index (χ0) is 26.6. The molecule has 3 aliphatic rings. The summed E-state index contributed by atoms with van der Waals surface area (Å²) in [7, 11) is 0. The molecule has 194 valence electrons. The molecule has 0 saturated heterocycles. The monoisotopic (exact) mass is 511 g/mol. The molecule has 38 heavy (non-hydrogen) atoms. The quantitative estimate of drug-likeness (QED) is 0.396. The first-order chi connectivity index (χ1) is 18.5. The number of hydrogen-bond acceptors (Lipinski definition) is 6. The molecule has 8 heteroatoms. The van der Waals surface area contributed by atoms with Crippen LogP contribution in [-0.2, 0) is 20.7 Å². The number of benzene rings is 2. The highest BCUT2D eigenvalue weighted by Gasteiger charge is 2.43. The molecule has 5 rings (SSSR count). The van der Waals surface area contributed by atoms with E-state index in [2.05, 4.69) is 16.7 Å². The van der Waals surface area contributed by atoms with E-state index in [4.69, 9.17) is 4.74 Å². The van der Waals surface area contributed by atoms with E-state index < -0.39 is 35.8 Å². The summed E-state index contributed by atoms with van der Waals surface area (Å²) < 4.78 is 5.29. The van der Waals surface area contributed by atoms with Gasteiger partial charge in [-0.2, -0.15) is 0 Å². The number of fused-ring (bicyclic) bond motifs is 2. The molecule has 0 radical (unpaired) electrons. The van der Waals surface area contributed by atoms with E-state index >= 15 is 0 Å². The minimum atomic E-state index is -1.15. The Labute approximate surface area is 221 Å². The third-order valence-electron chi connectivity index (χ3n) is 7.06. The van der Waals surface area contributed by atoms with Crippen molar-refractivity contribution in [3.05, 3.63) is 107 Å². The summed E-state index contributed by atoms with van der Waals surface area (Å²) in [6, 6.07) is 13.7. The Morgan fingerprint density at radius 1 is 0.947 bits per heavy atom. The summed E-state index contributed by atoms with van der Waals surface area (Å²) >= 11 is 0. The molecule has 1 aliphatic carbocycles. The van der Waals surface area contributed by atoms with Crippen molar-refractivity contribution in [1.82, 2.24) is 15.5 Å². The highest BCUT2D eigenvalue weighted by Crippen LogP contribution is 2.30. The maximum atomic E-state index is 13.8. The summed E-state index contributed by atoms with van der Waals surface area (Å²) in [5.74, 6) is -2.16. The molecule has 0 fully saturated rings. The molecule has 0 saturated carbocycles. The molecule has 2 aromatic rings. The first-order valence-electron chi connectivity index (χ1n) is 12.8. The van der Waals surface area contributed by atoms with Gasteiger partial charge in [0.25, 0.3) is 11.8 Å². The normalized spacial score (nSPS) is 20.8. The van der Waals surface area contributed by atoms with E-state index in [-0.39, 0.29) is 42.5 Å². The van der Waals surface area contributed by atoms with Crippen LogP contribution in [0.4, 0.5) is 0 Å². The van der Waals surface area contributed by atoms with Crippen LogP contribution < -0.4 is 10.6 Å². The van der Waals surface area contributed by atoms with Gasteiger partial charge in [0.05, 0.1) is 23.8 Å². The second kappa shape index (κ2) is 10.9. The van der Waals surface area contributed by atoms with Gasteiger partial charge in [0.2, 0.25) is 5.91 Å². The molecule has 2 N–H and O–H groups in total. The van der Waals surface area contributed by atoms with Crippen LogP contribution in [0.2, 0.25) is 0 Å². The number of ether oxygens (including phenoxy) is 1. The van der Waals surface area contributed by atoms with Crippen molar-refractivity contribution < 1.29 is 23.9 Å². The number of allylic oxidation sites excluding steroid dienone is 2. The third kappa shape index (κ3) is 4.89.